The van der Waals surface area contributed by atoms with Gasteiger partial charge < -0.3 is 15.2 Å². The summed E-state index contributed by atoms with van der Waals surface area (Å²) >= 11 is 0. The molecule has 0 aromatic heterocycles. The molecule has 0 bridgehead atoms. The van der Waals surface area contributed by atoms with Crippen molar-refractivity contribution in [1.82, 2.24) is 0 Å². The number of ether oxygens (including phenoxy) is 1. The molecule has 1 N–H and O–H groups in total. The third-order valence-corrected chi connectivity index (χ3v) is 1.51. The first-order valence-corrected chi connectivity index (χ1v) is 3.49. The average Bonchev–Trinajstić information content (AvgIpc) is 2.17. The molecular formula is C8H8NO4-. The van der Waals surface area contributed by atoms with Crippen molar-refractivity contribution in [1.29, 1.82) is 0 Å². The van der Waals surface area contributed by atoms with Crippen molar-refractivity contribution < 1.29 is 14.7 Å². The minimum absolute atomic E-state index is 0.0626. The van der Waals surface area contributed by atoms with Gasteiger partial charge >= 0.3 is 5.97 Å². The Morgan fingerprint density at radius 3 is 2.38 bits per heavy atom. The lowest BCUT2D eigenvalue weighted by Gasteiger charge is -2.21. The van der Waals surface area contributed by atoms with E-state index >= 15 is 0 Å². The molecule has 0 aliphatic rings. The molecule has 0 fully saturated rings. The van der Waals surface area contributed by atoms with Gasteiger partial charge in [-0.05, 0) is 24.3 Å². The number of rotatable bonds is 2. The average molecular weight is 182 g/mol. The van der Waals surface area contributed by atoms with E-state index < -0.39 is 5.97 Å². The Morgan fingerprint density at radius 2 is 2.00 bits per heavy atom. The third-order valence-electron chi connectivity index (χ3n) is 1.51. The fraction of sp³-hybridized carbons (Fsp3) is 0.125. The second-order valence-electron chi connectivity index (χ2n) is 2.31. The van der Waals surface area contributed by atoms with Crippen molar-refractivity contribution in [2.75, 3.05) is 12.3 Å². The normalized spacial score (nSPS) is 9.46. The number of anilines is 1. The SMILES string of the molecule is COC(=O)c1ccc(N([O-])O)cc1. The van der Waals surface area contributed by atoms with Crippen LogP contribution in [0.4, 0.5) is 5.69 Å². The number of hydrogen-bond acceptors (Lipinski definition) is 5. The van der Waals surface area contributed by atoms with Gasteiger partial charge in [0.15, 0.2) is 0 Å². The monoisotopic (exact) mass is 182 g/mol. The van der Waals surface area contributed by atoms with E-state index in [0.717, 1.165) is 0 Å². The molecule has 0 atom stereocenters. The van der Waals surface area contributed by atoms with Crippen LogP contribution in [0.25, 0.3) is 0 Å². The van der Waals surface area contributed by atoms with Gasteiger partial charge in [-0.3, -0.25) is 5.21 Å². The summed E-state index contributed by atoms with van der Waals surface area (Å²) in [6.07, 6.45) is 0. The molecule has 0 spiro atoms. The molecule has 0 saturated carbocycles. The van der Waals surface area contributed by atoms with E-state index in [1.54, 1.807) is 0 Å². The summed E-state index contributed by atoms with van der Waals surface area (Å²) in [7, 11) is 1.27. The van der Waals surface area contributed by atoms with E-state index in [2.05, 4.69) is 4.74 Å². The first-order chi connectivity index (χ1) is 6.15. The first kappa shape index (κ1) is 9.50. The number of hydrogen-bond donors (Lipinski definition) is 1. The molecule has 0 aliphatic carbocycles. The van der Waals surface area contributed by atoms with Crippen molar-refractivity contribution >= 4 is 11.7 Å². The molecular weight excluding hydrogens is 174 g/mol. The molecule has 0 heterocycles. The smallest absolute Gasteiger partial charge is 0.337 e. The molecule has 0 saturated heterocycles. The van der Waals surface area contributed by atoms with E-state index in [0.29, 0.717) is 5.56 Å². The zero-order valence-corrected chi connectivity index (χ0v) is 6.93. The van der Waals surface area contributed by atoms with E-state index in [1.807, 2.05) is 0 Å². The van der Waals surface area contributed by atoms with Crippen molar-refractivity contribution in [2.45, 2.75) is 0 Å². The predicted molar refractivity (Wildman–Crippen MR) is 45.4 cm³/mol. The minimum Gasteiger partial charge on any atom is -0.733 e. The zero-order valence-electron chi connectivity index (χ0n) is 6.93. The Bertz CT molecular complexity index is 294. The van der Waals surface area contributed by atoms with Gasteiger partial charge in [-0.15, -0.1) is 0 Å². The highest BCUT2D eigenvalue weighted by atomic mass is 16.8. The Balaban J connectivity index is 2.87. The Hall–Kier alpha value is -1.59. The number of benzene rings is 1. The van der Waals surface area contributed by atoms with Crippen LogP contribution in [0.3, 0.4) is 0 Å². The largest absolute Gasteiger partial charge is 0.733 e. The highest BCUT2D eigenvalue weighted by molar-refractivity contribution is 5.89. The maximum absolute atomic E-state index is 10.9. The summed E-state index contributed by atoms with van der Waals surface area (Å²) in [6, 6.07) is 5.42. The van der Waals surface area contributed by atoms with Crippen molar-refractivity contribution in [3.05, 3.63) is 35.0 Å². The Labute approximate surface area is 74.7 Å². The molecule has 0 amide bonds. The predicted octanol–water partition coefficient (Wildman–Crippen LogP) is 1.17. The van der Waals surface area contributed by atoms with Crippen molar-refractivity contribution in [2.24, 2.45) is 0 Å². The summed E-state index contributed by atoms with van der Waals surface area (Å²) in [4.78, 5) is 10.9. The van der Waals surface area contributed by atoms with Crippen LogP contribution in [0.1, 0.15) is 10.4 Å². The summed E-state index contributed by atoms with van der Waals surface area (Å²) in [5.74, 6) is -0.484. The zero-order chi connectivity index (χ0) is 9.84. The van der Waals surface area contributed by atoms with Gasteiger partial charge in [0.2, 0.25) is 0 Å². The molecule has 5 heteroatoms. The molecule has 0 unspecified atom stereocenters. The molecule has 70 valence electrons. The summed E-state index contributed by atoms with van der Waals surface area (Å²) < 4.78 is 4.44. The van der Waals surface area contributed by atoms with Gasteiger partial charge in [0.05, 0.1) is 18.4 Å². The van der Waals surface area contributed by atoms with Gasteiger partial charge in [0.1, 0.15) is 0 Å². The maximum atomic E-state index is 10.9. The van der Waals surface area contributed by atoms with Crippen molar-refractivity contribution in [3.8, 4) is 0 Å². The van der Waals surface area contributed by atoms with Crippen LogP contribution < -0.4 is 5.23 Å². The number of methoxy groups -OCH3 is 1. The van der Waals surface area contributed by atoms with Crippen LogP contribution in [-0.2, 0) is 4.74 Å². The molecule has 1 rings (SSSR count). The van der Waals surface area contributed by atoms with E-state index in [-0.39, 0.29) is 10.9 Å². The molecule has 0 aliphatic heterocycles. The standard InChI is InChI=1S/C8H8NO4/c1-13-8(10)6-2-4-7(5-3-6)9(11)12/h2-5,11H,1H3/q-1. The summed E-state index contributed by atoms with van der Waals surface area (Å²) in [5, 5.41) is 18.5. The van der Waals surface area contributed by atoms with Gasteiger partial charge in [0, 0.05) is 0 Å². The lowest BCUT2D eigenvalue weighted by atomic mass is 10.2. The van der Waals surface area contributed by atoms with Gasteiger partial charge in [-0.1, -0.05) is 0 Å². The van der Waals surface area contributed by atoms with E-state index in [1.165, 1.54) is 31.4 Å². The summed E-state index contributed by atoms with van der Waals surface area (Å²) in [5.41, 5.74) is 0.390. The number of nitrogens with zero attached hydrogens (tertiary/aromatic N) is 1. The highest BCUT2D eigenvalue weighted by Crippen LogP contribution is 2.12. The fourth-order valence-corrected chi connectivity index (χ4v) is 0.843. The maximum Gasteiger partial charge on any atom is 0.337 e. The quantitative estimate of drug-likeness (QED) is 0.549. The van der Waals surface area contributed by atoms with Gasteiger partial charge in [-0.2, -0.15) is 0 Å². The minimum atomic E-state index is -0.484. The highest BCUT2D eigenvalue weighted by Gasteiger charge is 2.03. The second-order valence-corrected chi connectivity index (χ2v) is 2.31. The summed E-state index contributed by atoms with van der Waals surface area (Å²) in [6.45, 7) is 0. The van der Waals surface area contributed by atoms with Crippen LogP contribution >= 0.6 is 0 Å². The van der Waals surface area contributed by atoms with Crippen LogP contribution in [0.2, 0.25) is 0 Å². The van der Waals surface area contributed by atoms with Crippen LogP contribution in [0, 0.1) is 5.21 Å². The van der Waals surface area contributed by atoms with Crippen LogP contribution in [0.5, 0.6) is 0 Å². The van der Waals surface area contributed by atoms with Crippen molar-refractivity contribution in [3.63, 3.8) is 0 Å². The number of carbonyl (C=O) groups excluding carboxylic acids is 1. The number of carbonyl (C=O) groups is 1. The second kappa shape index (κ2) is 3.88. The van der Waals surface area contributed by atoms with Crippen LogP contribution in [0.15, 0.2) is 24.3 Å². The molecule has 5 nitrogen and oxygen atoms in total. The topological polar surface area (TPSA) is 72.8 Å². The third kappa shape index (κ3) is 2.17. The molecule has 13 heavy (non-hydrogen) atoms. The molecule has 1 aromatic carbocycles. The van der Waals surface area contributed by atoms with E-state index in [9.17, 15) is 10.0 Å². The Morgan fingerprint density at radius 1 is 1.46 bits per heavy atom. The van der Waals surface area contributed by atoms with Crippen LogP contribution in [-0.4, -0.2) is 18.3 Å². The molecule has 1 aromatic rings. The van der Waals surface area contributed by atoms with E-state index in [4.69, 9.17) is 5.21 Å². The Kier molecular flexibility index (Phi) is 2.84. The number of esters is 1. The van der Waals surface area contributed by atoms with Gasteiger partial charge in [0.25, 0.3) is 0 Å². The molecule has 0 radical (unpaired) electrons. The van der Waals surface area contributed by atoms with Gasteiger partial charge in [-0.25, -0.2) is 4.79 Å². The fourth-order valence-electron chi connectivity index (χ4n) is 0.843. The lowest BCUT2D eigenvalue weighted by molar-refractivity contribution is 0.0600. The lowest BCUT2D eigenvalue weighted by Crippen LogP contribution is -2.07. The first-order valence-electron chi connectivity index (χ1n) is 3.49.